The summed E-state index contributed by atoms with van der Waals surface area (Å²) in [5, 5.41) is 3.24. The van der Waals surface area contributed by atoms with Gasteiger partial charge in [-0.25, -0.2) is 0 Å². The van der Waals surface area contributed by atoms with Gasteiger partial charge in [0.05, 0.1) is 7.11 Å². The fraction of sp³-hybridized carbons (Fsp3) is 0.583. The van der Waals surface area contributed by atoms with Crippen LogP contribution in [0.2, 0.25) is 0 Å². The zero-order valence-electron chi connectivity index (χ0n) is 10.5. The van der Waals surface area contributed by atoms with E-state index in [1.54, 1.807) is 11.3 Å². The summed E-state index contributed by atoms with van der Waals surface area (Å²) in [7, 11) is 1.42. The molecular weight excluding hydrogens is 302 g/mol. The van der Waals surface area contributed by atoms with Crippen molar-refractivity contribution in [1.29, 1.82) is 0 Å². The zero-order chi connectivity index (χ0) is 13.0. The summed E-state index contributed by atoms with van der Waals surface area (Å²) in [6.07, 6.45) is 0. The molecule has 1 unspecified atom stereocenters. The Bertz CT molecular complexity index is 370. The van der Waals surface area contributed by atoms with Crippen molar-refractivity contribution < 1.29 is 9.53 Å². The molecule has 1 aromatic heterocycles. The Morgan fingerprint density at radius 2 is 2.24 bits per heavy atom. The lowest BCUT2D eigenvalue weighted by molar-refractivity contribution is -0.144. The van der Waals surface area contributed by atoms with E-state index in [1.165, 1.54) is 16.9 Å². The van der Waals surface area contributed by atoms with E-state index in [0.29, 0.717) is 6.54 Å². The molecule has 17 heavy (non-hydrogen) atoms. The first-order chi connectivity index (χ1) is 7.95. The second-order valence-corrected chi connectivity index (χ2v) is 6.44. The number of carbonyl (C=O) groups is 1. The van der Waals surface area contributed by atoms with E-state index in [2.05, 4.69) is 34.2 Å². The molecule has 0 aliphatic heterocycles. The molecule has 0 spiro atoms. The monoisotopic (exact) mass is 319 g/mol. The van der Waals surface area contributed by atoms with Crippen molar-refractivity contribution in [2.24, 2.45) is 5.92 Å². The van der Waals surface area contributed by atoms with E-state index in [4.69, 9.17) is 4.74 Å². The van der Waals surface area contributed by atoms with Gasteiger partial charge in [-0.15, -0.1) is 11.3 Å². The topological polar surface area (TPSA) is 38.3 Å². The lowest BCUT2D eigenvalue weighted by atomic mass is 10.0. The van der Waals surface area contributed by atoms with Crippen LogP contribution in [0.15, 0.2) is 10.5 Å². The highest BCUT2D eigenvalue weighted by Crippen LogP contribution is 2.26. The molecule has 1 rings (SSSR count). The molecule has 0 saturated heterocycles. The van der Waals surface area contributed by atoms with Gasteiger partial charge in [0.25, 0.3) is 0 Å². The van der Waals surface area contributed by atoms with Gasteiger partial charge in [-0.2, -0.15) is 0 Å². The van der Waals surface area contributed by atoms with E-state index in [1.807, 2.05) is 13.8 Å². The van der Waals surface area contributed by atoms with Gasteiger partial charge in [-0.05, 0) is 34.8 Å². The maximum Gasteiger partial charge on any atom is 0.323 e. The molecule has 0 aliphatic rings. The van der Waals surface area contributed by atoms with E-state index in [9.17, 15) is 4.79 Å². The van der Waals surface area contributed by atoms with Crippen LogP contribution in [0.4, 0.5) is 0 Å². The first kappa shape index (κ1) is 14.7. The van der Waals surface area contributed by atoms with E-state index in [0.717, 1.165) is 4.47 Å². The van der Waals surface area contributed by atoms with E-state index >= 15 is 0 Å². The van der Waals surface area contributed by atoms with Crippen LogP contribution >= 0.6 is 27.3 Å². The molecule has 1 atom stereocenters. The van der Waals surface area contributed by atoms with Gasteiger partial charge in [0.1, 0.15) is 6.04 Å². The van der Waals surface area contributed by atoms with Crippen LogP contribution in [0.3, 0.4) is 0 Å². The summed E-state index contributed by atoms with van der Waals surface area (Å²) in [6.45, 7) is 6.77. The fourth-order valence-electron chi connectivity index (χ4n) is 1.53. The lowest BCUT2D eigenvalue weighted by Crippen LogP contribution is -2.41. The number of esters is 1. The predicted molar refractivity (Wildman–Crippen MR) is 74.2 cm³/mol. The molecule has 0 amide bonds. The number of thiophene rings is 1. The van der Waals surface area contributed by atoms with Crippen LogP contribution in [0.25, 0.3) is 0 Å². The second-order valence-electron chi connectivity index (χ2n) is 4.24. The highest BCUT2D eigenvalue weighted by molar-refractivity contribution is 9.10. The Morgan fingerprint density at radius 1 is 1.59 bits per heavy atom. The highest BCUT2D eigenvalue weighted by atomic mass is 79.9. The molecular formula is C12H18BrNO2S. The van der Waals surface area contributed by atoms with Crippen molar-refractivity contribution in [2.75, 3.05) is 7.11 Å². The second kappa shape index (κ2) is 6.52. The van der Waals surface area contributed by atoms with Gasteiger partial charge in [-0.3, -0.25) is 10.1 Å². The molecule has 1 aromatic rings. The average Bonchev–Trinajstić information content (AvgIpc) is 2.57. The summed E-state index contributed by atoms with van der Waals surface area (Å²) >= 11 is 5.21. The average molecular weight is 320 g/mol. The molecule has 0 aliphatic carbocycles. The first-order valence-corrected chi connectivity index (χ1v) is 7.12. The van der Waals surface area contributed by atoms with Crippen LogP contribution in [0.5, 0.6) is 0 Å². The number of rotatable bonds is 5. The molecule has 96 valence electrons. The van der Waals surface area contributed by atoms with Crippen molar-refractivity contribution in [3.05, 3.63) is 20.3 Å². The Hall–Kier alpha value is -0.390. The fourth-order valence-corrected chi connectivity index (χ4v) is 3.09. The molecule has 0 fully saturated rings. The smallest absolute Gasteiger partial charge is 0.323 e. The van der Waals surface area contributed by atoms with Crippen molar-refractivity contribution in [1.82, 2.24) is 5.32 Å². The first-order valence-electron chi connectivity index (χ1n) is 5.51. The predicted octanol–water partition coefficient (Wildman–Crippen LogP) is 3.11. The highest BCUT2D eigenvalue weighted by Gasteiger charge is 2.22. The molecule has 5 heteroatoms. The normalized spacial score (nSPS) is 12.8. The van der Waals surface area contributed by atoms with Crippen molar-refractivity contribution in [3.8, 4) is 0 Å². The van der Waals surface area contributed by atoms with Gasteiger partial charge in [-0.1, -0.05) is 13.8 Å². The zero-order valence-corrected chi connectivity index (χ0v) is 12.9. The third-order valence-electron chi connectivity index (χ3n) is 2.53. The quantitative estimate of drug-likeness (QED) is 0.847. The number of hydrogen-bond acceptors (Lipinski definition) is 4. The minimum atomic E-state index is -0.249. The van der Waals surface area contributed by atoms with E-state index < -0.39 is 0 Å². The number of carbonyl (C=O) groups excluding carboxylic acids is 1. The SMILES string of the molecule is COC(=O)C(NCc1cc(Br)c(C)s1)C(C)C. The van der Waals surface area contributed by atoms with Crippen molar-refractivity contribution in [2.45, 2.75) is 33.4 Å². The standard InChI is InChI=1S/C12H18BrNO2S/c1-7(2)11(12(15)16-4)14-6-9-5-10(13)8(3)17-9/h5,7,11,14H,6H2,1-4H3. The van der Waals surface area contributed by atoms with Gasteiger partial charge < -0.3 is 4.74 Å². The third-order valence-corrected chi connectivity index (χ3v) is 4.66. The van der Waals surface area contributed by atoms with Gasteiger partial charge in [0, 0.05) is 20.8 Å². The van der Waals surface area contributed by atoms with Crippen LogP contribution in [0.1, 0.15) is 23.6 Å². The number of halogens is 1. The molecule has 0 radical (unpaired) electrons. The van der Waals surface area contributed by atoms with Crippen molar-refractivity contribution in [3.63, 3.8) is 0 Å². The molecule has 0 aromatic carbocycles. The summed E-state index contributed by atoms with van der Waals surface area (Å²) in [4.78, 5) is 14.0. The minimum Gasteiger partial charge on any atom is -0.468 e. The lowest BCUT2D eigenvalue weighted by Gasteiger charge is -2.19. The van der Waals surface area contributed by atoms with Crippen LogP contribution in [0, 0.1) is 12.8 Å². The number of ether oxygens (including phenoxy) is 1. The summed E-state index contributed by atoms with van der Waals surface area (Å²) < 4.78 is 5.91. The van der Waals surface area contributed by atoms with Crippen LogP contribution < -0.4 is 5.32 Å². The number of nitrogens with one attached hydrogen (secondary N) is 1. The van der Waals surface area contributed by atoms with Gasteiger partial charge in [0.15, 0.2) is 0 Å². The summed E-state index contributed by atoms with van der Waals surface area (Å²) in [5.74, 6) is 0.0132. The van der Waals surface area contributed by atoms with Crippen molar-refractivity contribution >= 4 is 33.2 Å². The summed E-state index contributed by atoms with van der Waals surface area (Å²) in [5.41, 5.74) is 0. The van der Waals surface area contributed by atoms with Crippen LogP contribution in [-0.4, -0.2) is 19.1 Å². The number of aryl methyl sites for hydroxylation is 1. The molecule has 1 heterocycles. The van der Waals surface area contributed by atoms with E-state index in [-0.39, 0.29) is 17.9 Å². The Morgan fingerprint density at radius 3 is 2.65 bits per heavy atom. The van der Waals surface area contributed by atoms with Gasteiger partial charge >= 0.3 is 5.97 Å². The Balaban J connectivity index is 2.61. The molecule has 1 N–H and O–H groups in total. The minimum absolute atomic E-state index is 0.202. The summed E-state index contributed by atoms with van der Waals surface area (Å²) in [6, 6.07) is 1.84. The third kappa shape index (κ3) is 4.08. The Kier molecular flexibility index (Phi) is 5.62. The molecule has 0 bridgehead atoms. The Labute approximate surface area is 115 Å². The van der Waals surface area contributed by atoms with Gasteiger partial charge in [0.2, 0.25) is 0 Å². The number of methoxy groups -OCH3 is 1. The largest absolute Gasteiger partial charge is 0.468 e. The number of hydrogen-bond donors (Lipinski definition) is 1. The molecule has 3 nitrogen and oxygen atoms in total. The van der Waals surface area contributed by atoms with Crippen LogP contribution in [-0.2, 0) is 16.1 Å². The maximum absolute atomic E-state index is 11.6. The maximum atomic E-state index is 11.6. The molecule has 0 saturated carbocycles.